The van der Waals surface area contributed by atoms with Crippen molar-refractivity contribution in [2.45, 2.75) is 75.4 Å². The highest BCUT2D eigenvalue weighted by molar-refractivity contribution is 6.02. The lowest BCUT2D eigenvalue weighted by Crippen LogP contribution is -2.54. The van der Waals surface area contributed by atoms with Gasteiger partial charge in [0.05, 0.1) is 30.2 Å². The van der Waals surface area contributed by atoms with Crippen molar-refractivity contribution in [3.63, 3.8) is 0 Å². The number of piperidine rings is 2. The van der Waals surface area contributed by atoms with Gasteiger partial charge in [0, 0.05) is 36.7 Å². The molecule has 3 fully saturated rings. The van der Waals surface area contributed by atoms with Crippen LogP contribution in [0.4, 0.5) is 11.5 Å². The van der Waals surface area contributed by atoms with E-state index in [0.717, 1.165) is 63.1 Å². The number of nitrogens with one attached hydrogen (secondary N) is 1. The van der Waals surface area contributed by atoms with E-state index in [1.165, 1.54) is 5.56 Å². The number of aromatic hydroxyl groups is 1. The first-order valence-electron chi connectivity index (χ1n) is 17.4. The Morgan fingerprint density at radius 1 is 0.837 bits per heavy atom. The molecule has 4 aromatic rings. The minimum absolute atomic E-state index is 0.128. The molecule has 1 saturated carbocycles. The topological polar surface area (TPSA) is 165 Å². The molecule has 4 aliphatic rings. The third-order valence-electron chi connectivity index (χ3n) is 10.8. The fraction of sp³-hybridized carbons (Fsp3) is 0.444. The molecular formula is C36H41N9O4. The van der Waals surface area contributed by atoms with Gasteiger partial charge in [-0.1, -0.05) is 29.5 Å². The first-order chi connectivity index (χ1) is 23.9. The smallest absolute Gasteiger partial charge is 0.249 e. The van der Waals surface area contributed by atoms with Gasteiger partial charge in [0.1, 0.15) is 29.8 Å². The van der Waals surface area contributed by atoms with Crippen LogP contribution in [0.25, 0.3) is 22.5 Å². The number of anilines is 2. The maximum atomic E-state index is 12.7. The molecule has 2 aromatic heterocycles. The number of phenols is 1. The van der Waals surface area contributed by atoms with E-state index in [2.05, 4.69) is 47.8 Å². The number of ether oxygens (including phenoxy) is 1. The van der Waals surface area contributed by atoms with E-state index in [4.69, 9.17) is 10.5 Å². The third kappa shape index (κ3) is 6.07. The lowest BCUT2D eigenvalue weighted by molar-refractivity contribution is -0.134. The average Bonchev–Trinajstić information content (AvgIpc) is 3.62. The van der Waals surface area contributed by atoms with Crippen molar-refractivity contribution in [2.24, 2.45) is 0 Å². The Kier molecular flexibility index (Phi) is 8.36. The number of imide groups is 1. The van der Waals surface area contributed by atoms with Gasteiger partial charge in [0.2, 0.25) is 11.8 Å². The van der Waals surface area contributed by atoms with E-state index < -0.39 is 0 Å². The average molecular weight is 664 g/mol. The maximum absolute atomic E-state index is 12.7. The molecule has 4 N–H and O–H groups in total. The number of benzene rings is 2. The summed E-state index contributed by atoms with van der Waals surface area (Å²) in [5.41, 5.74) is 10.8. The molecule has 1 aliphatic carbocycles. The van der Waals surface area contributed by atoms with Crippen LogP contribution < -0.4 is 20.7 Å². The van der Waals surface area contributed by atoms with Crippen LogP contribution in [-0.2, 0) is 9.59 Å². The van der Waals surface area contributed by atoms with Gasteiger partial charge in [-0.2, -0.15) is 0 Å². The zero-order valence-electron chi connectivity index (χ0n) is 27.4. The summed E-state index contributed by atoms with van der Waals surface area (Å²) in [5.74, 6) is 1.32. The molecule has 0 spiro atoms. The van der Waals surface area contributed by atoms with Gasteiger partial charge in [0.25, 0.3) is 0 Å². The number of para-hydroxylation sites is 2. The second kappa shape index (κ2) is 13.1. The number of rotatable bonds is 6. The molecule has 2 saturated heterocycles. The first-order valence-corrected chi connectivity index (χ1v) is 17.4. The number of hydrogen-bond donors (Lipinski definition) is 3. The molecule has 2 aromatic carbocycles. The van der Waals surface area contributed by atoms with E-state index in [9.17, 15) is 14.7 Å². The summed E-state index contributed by atoms with van der Waals surface area (Å²) in [5, 5.41) is 30.0. The van der Waals surface area contributed by atoms with Crippen molar-refractivity contribution in [1.29, 1.82) is 0 Å². The van der Waals surface area contributed by atoms with E-state index in [1.807, 2.05) is 23.0 Å². The summed E-state index contributed by atoms with van der Waals surface area (Å²) >= 11 is 0. The van der Waals surface area contributed by atoms with Crippen molar-refractivity contribution in [3.8, 4) is 34.0 Å². The SMILES string of the molecule is Nc1nnc(-c2ccccc2O)cc1-c1cn(C2CCN(C3CCC(c4cccc5c4OCCN5[C@H]4CCC(=O)NC4=O)CC3)CC2)nn1. The highest BCUT2D eigenvalue weighted by Crippen LogP contribution is 2.45. The molecule has 0 radical (unpaired) electrons. The van der Waals surface area contributed by atoms with Crippen molar-refractivity contribution < 1.29 is 19.4 Å². The van der Waals surface area contributed by atoms with Crippen LogP contribution in [0.15, 0.2) is 54.7 Å². The predicted octanol–water partition coefficient (Wildman–Crippen LogP) is 4.06. The molecule has 13 heteroatoms. The third-order valence-corrected chi connectivity index (χ3v) is 10.8. The molecule has 8 rings (SSSR count). The van der Waals surface area contributed by atoms with Crippen LogP contribution in [0.3, 0.4) is 0 Å². The maximum Gasteiger partial charge on any atom is 0.249 e. The number of hydrogen-bond acceptors (Lipinski definition) is 11. The molecule has 254 valence electrons. The van der Waals surface area contributed by atoms with E-state index in [1.54, 1.807) is 24.3 Å². The zero-order chi connectivity index (χ0) is 33.5. The number of nitrogen functional groups attached to an aromatic ring is 1. The lowest BCUT2D eigenvalue weighted by atomic mass is 9.80. The van der Waals surface area contributed by atoms with Gasteiger partial charge >= 0.3 is 0 Å². The van der Waals surface area contributed by atoms with Crippen LogP contribution in [0.5, 0.6) is 11.5 Å². The monoisotopic (exact) mass is 663 g/mol. The van der Waals surface area contributed by atoms with Gasteiger partial charge in [-0.3, -0.25) is 14.9 Å². The highest BCUT2D eigenvalue weighted by Gasteiger charge is 2.37. The van der Waals surface area contributed by atoms with Gasteiger partial charge in [-0.25, -0.2) is 4.68 Å². The number of carbonyl (C=O) groups excluding carboxylic acids is 2. The second-order valence-electron chi connectivity index (χ2n) is 13.6. The highest BCUT2D eigenvalue weighted by atomic mass is 16.5. The van der Waals surface area contributed by atoms with Crippen LogP contribution in [-0.4, -0.2) is 85.3 Å². The minimum Gasteiger partial charge on any atom is -0.507 e. The normalized spacial score (nSPS) is 23.5. The van der Waals surface area contributed by atoms with E-state index >= 15 is 0 Å². The summed E-state index contributed by atoms with van der Waals surface area (Å²) in [7, 11) is 0. The Labute approximate surface area is 284 Å². The van der Waals surface area contributed by atoms with Gasteiger partial charge in [-0.15, -0.1) is 15.3 Å². The van der Waals surface area contributed by atoms with Crippen molar-refractivity contribution in [1.82, 2.24) is 35.4 Å². The number of phenolic OH excluding ortho intramolecular Hbond substituents is 1. The van der Waals surface area contributed by atoms with Crippen molar-refractivity contribution in [3.05, 3.63) is 60.3 Å². The van der Waals surface area contributed by atoms with E-state index in [-0.39, 0.29) is 35.5 Å². The summed E-state index contributed by atoms with van der Waals surface area (Å²) < 4.78 is 8.22. The fourth-order valence-corrected chi connectivity index (χ4v) is 8.19. The Morgan fingerprint density at radius 3 is 2.45 bits per heavy atom. The second-order valence-corrected chi connectivity index (χ2v) is 13.6. The Hall–Kier alpha value is -5.04. The van der Waals surface area contributed by atoms with Gasteiger partial charge < -0.3 is 25.4 Å². The predicted molar refractivity (Wildman–Crippen MR) is 183 cm³/mol. The molecule has 13 nitrogen and oxygen atoms in total. The van der Waals surface area contributed by atoms with Crippen molar-refractivity contribution in [2.75, 3.05) is 36.9 Å². The Morgan fingerprint density at radius 2 is 1.65 bits per heavy atom. The molecular weight excluding hydrogens is 622 g/mol. The van der Waals surface area contributed by atoms with Crippen LogP contribution in [0.1, 0.15) is 68.9 Å². The van der Waals surface area contributed by atoms with Crippen LogP contribution in [0.2, 0.25) is 0 Å². The van der Waals surface area contributed by atoms with E-state index in [0.29, 0.717) is 60.5 Å². The summed E-state index contributed by atoms with van der Waals surface area (Å²) in [6, 6.07) is 15.6. The van der Waals surface area contributed by atoms with Crippen LogP contribution in [0, 0.1) is 0 Å². The Balaban J connectivity index is 0.884. The van der Waals surface area contributed by atoms with Gasteiger partial charge in [0.15, 0.2) is 5.82 Å². The summed E-state index contributed by atoms with van der Waals surface area (Å²) in [4.78, 5) is 29.2. The molecule has 1 atom stereocenters. The number of fused-ring (bicyclic) bond motifs is 1. The summed E-state index contributed by atoms with van der Waals surface area (Å²) in [6.45, 7) is 3.19. The standard InChI is InChI=1S/C36H41N9O4/c37-35-27(20-28(39-41-35)26-4-1-2-7-32(26)46)29-21-45(42-40-29)24-14-16-43(17-15-24)23-10-8-22(9-11-23)25-5-3-6-30-34(25)49-19-18-44(30)31-12-13-33(47)38-36(31)48/h1-7,20-24,31,46H,8-19H2,(H2,37,41)(H,38,47,48)/t22?,23?,31-/m0/s1. The van der Waals surface area contributed by atoms with Crippen LogP contribution >= 0.6 is 0 Å². The minimum atomic E-state index is -0.341. The van der Waals surface area contributed by atoms with Gasteiger partial charge in [-0.05, 0) is 80.7 Å². The lowest BCUT2D eigenvalue weighted by Gasteiger charge is -2.42. The van der Waals surface area contributed by atoms with Crippen molar-refractivity contribution >= 4 is 23.3 Å². The number of aromatic nitrogens is 5. The molecule has 2 amide bonds. The molecule has 0 unspecified atom stereocenters. The largest absolute Gasteiger partial charge is 0.507 e. The zero-order valence-corrected chi connectivity index (χ0v) is 27.4. The molecule has 3 aliphatic heterocycles. The first kappa shape index (κ1) is 31.2. The molecule has 49 heavy (non-hydrogen) atoms. The number of nitrogens with two attached hydrogens (primary N) is 1. The summed E-state index contributed by atoms with van der Waals surface area (Å²) in [6.07, 6.45) is 9.29. The number of carbonyl (C=O) groups is 2. The fourth-order valence-electron chi connectivity index (χ4n) is 8.19. The Bertz CT molecular complexity index is 1860. The number of likely N-dealkylation sites (tertiary alicyclic amines) is 1. The number of amides is 2. The molecule has 0 bridgehead atoms. The number of nitrogens with zero attached hydrogens (tertiary/aromatic N) is 7. The molecule has 5 heterocycles. The quantitative estimate of drug-likeness (QED) is 0.255.